The molecular weight excluding hydrogens is 332 g/mol. The van der Waals surface area contributed by atoms with Gasteiger partial charge in [0.25, 0.3) is 0 Å². The van der Waals surface area contributed by atoms with Crippen molar-refractivity contribution in [2.24, 2.45) is 17.6 Å². The maximum Gasteiger partial charge on any atom is 0.241 e. The average Bonchev–Trinajstić information content (AvgIpc) is 3.12. The van der Waals surface area contributed by atoms with Gasteiger partial charge in [-0.15, -0.1) is 0 Å². The van der Waals surface area contributed by atoms with Gasteiger partial charge in [-0.25, -0.2) is 0 Å². The van der Waals surface area contributed by atoms with Crippen LogP contribution < -0.4 is 16.4 Å². The number of carbonyl (C=O) groups is 3. The molecule has 2 fully saturated rings. The summed E-state index contributed by atoms with van der Waals surface area (Å²) in [5.74, 6) is 0.357. The van der Waals surface area contributed by atoms with Crippen LogP contribution in [0.15, 0.2) is 0 Å². The van der Waals surface area contributed by atoms with Crippen LogP contribution in [-0.4, -0.2) is 54.3 Å². The number of nitrogens with zero attached hydrogens (tertiary/aromatic N) is 1. The zero-order valence-corrected chi connectivity index (χ0v) is 16.1. The number of hydrogen-bond acceptors (Lipinski definition) is 4. The molecule has 1 aliphatic carbocycles. The van der Waals surface area contributed by atoms with Crippen LogP contribution in [0.1, 0.15) is 58.8 Å². The van der Waals surface area contributed by atoms with Crippen molar-refractivity contribution in [2.45, 2.75) is 70.9 Å². The molecule has 1 saturated heterocycles. The maximum atomic E-state index is 12.2. The molecule has 1 atom stereocenters. The molecule has 1 heterocycles. The molecule has 0 aromatic rings. The quantitative estimate of drug-likeness (QED) is 0.619. The average molecular weight is 367 g/mol. The van der Waals surface area contributed by atoms with E-state index in [0.29, 0.717) is 25.4 Å². The van der Waals surface area contributed by atoms with E-state index in [1.807, 2.05) is 13.8 Å². The molecule has 26 heavy (non-hydrogen) atoms. The smallest absolute Gasteiger partial charge is 0.241 e. The number of piperidine rings is 1. The summed E-state index contributed by atoms with van der Waals surface area (Å²) in [5.41, 5.74) is 5.77. The first-order valence-corrected chi connectivity index (χ1v) is 9.97. The van der Waals surface area contributed by atoms with Crippen molar-refractivity contribution in [3.05, 3.63) is 0 Å². The molecule has 7 nitrogen and oxygen atoms in total. The van der Waals surface area contributed by atoms with E-state index in [4.69, 9.17) is 5.73 Å². The van der Waals surface area contributed by atoms with E-state index in [1.165, 1.54) is 25.7 Å². The van der Waals surface area contributed by atoms with E-state index in [9.17, 15) is 14.4 Å². The molecule has 7 heteroatoms. The third-order valence-corrected chi connectivity index (χ3v) is 5.60. The minimum Gasteiger partial charge on any atom is -0.353 e. The van der Waals surface area contributed by atoms with Gasteiger partial charge >= 0.3 is 0 Å². The van der Waals surface area contributed by atoms with Crippen molar-refractivity contribution in [1.29, 1.82) is 0 Å². The van der Waals surface area contributed by atoms with E-state index in [0.717, 1.165) is 12.8 Å². The van der Waals surface area contributed by atoms with Gasteiger partial charge in [0.2, 0.25) is 17.7 Å². The van der Waals surface area contributed by atoms with Crippen LogP contribution >= 0.6 is 0 Å². The van der Waals surface area contributed by atoms with Gasteiger partial charge in [0.1, 0.15) is 0 Å². The summed E-state index contributed by atoms with van der Waals surface area (Å²) in [6.45, 7) is 4.95. The van der Waals surface area contributed by atoms with Crippen molar-refractivity contribution >= 4 is 17.7 Å². The number of rotatable bonds is 7. The van der Waals surface area contributed by atoms with Crippen molar-refractivity contribution in [3.8, 4) is 0 Å². The molecule has 0 aromatic heterocycles. The van der Waals surface area contributed by atoms with Crippen LogP contribution in [0.4, 0.5) is 0 Å². The molecule has 0 aromatic carbocycles. The minimum atomic E-state index is -0.594. The van der Waals surface area contributed by atoms with Crippen molar-refractivity contribution in [3.63, 3.8) is 0 Å². The largest absolute Gasteiger partial charge is 0.353 e. The first-order chi connectivity index (χ1) is 12.4. The van der Waals surface area contributed by atoms with E-state index >= 15 is 0 Å². The van der Waals surface area contributed by atoms with Crippen LogP contribution in [0.2, 0.25) is 0 Å². The fourth-order valence-corrected chi connectivity index (χ4v) is 3.73. The van der Waals surface area contributed by atoms with E-state index in [1.54, 1.807) is 4.90 Å². The normalized spacial score (nSPS) is 20.2. The van der Waals surface area contributed by atoms with Gasteiger partial charge < -0.3 is 21.3 Å². The van der Waals surface area contributed by atoms with Crippen molar-refractivity contribution in [2.75, 3.05) is 19.6 Å². The Morgan fingerprint density at radius 1 is 1.08 bits per heavy atom. The summed E-state index contributed by atoms with van der Waals surface area (Å²) >= 11 is 0. The Bertz CT molecular complexity index is 495. The fraction of sp³-hybridized carbons (Fsp3) is 0.842. The fourth-order valence-electron chi connectivity index (χ4n) is 3.73. The minimum absolute atomic E-state index is 0.0159. The van der Waals surface area contributed by atoms with Crippen molar-refractivity contribution in [1.82, 2.24) is 15.5 Å². The monoisotopic (exact) mass is 366 g/mol. The molecule has 2 rings (SSSR count). The number of hydrogen-bond donors (Lipinski definition) is 3. The van der Waals surface area contributed by atoms with E-state index < -0.39 is 6.04 Å². The van der Waals surface area contributed by atoms with Gasteiger partial charge in [0.15, 0.2) is 0 Å². The van der Waals surface area contributed by atoms with Gasteiger partial charge in [0.05, 0.1) is 12.6 Å². The first kappa shape index (κ1) is 20.7. The highest BCUT2D eigenvalue weighted by molar-refractivity contribution is 5.87. The molecule has 2 aliphatic rings. The van der Waals surface area contributed by atoms with E-state index in [2.05, 4.69) is 10.6 Å². The molecular formula is C19H34N4O3. The van der Waals surface area contributed by atoms with Gasteiger partial charge in [-0.2, -0.15) is 0 Å². The van der Waals surface area contributed by atoms with Crippen LogP contribution in [0.3, 0.4) is 0 Å². The molecule has 0 unspecified atom stereocenters. The number of amides is 3. The standard InChI is InChI=1S/C19H34N4O3/c1-13(2)18(20)19(26)21-12-17(25)23-9-7-15(8-10-23)22-16(24)11-14-5-3-4-6-14/h13-15,18H,3-12,20H2,1-2H3,(H,21,26)(H,22,24)/t18-/m0/s1. The Morgan fingerprint density at radius 2 is 1.69 bits per heavy atom. The molecule has 148 valence electrons. The number of nitrogens with one attached hydrogen (secondary N) is 2. The molecule has 4 N–H and O–H groups in total. The Kier molecular flexibility index (Phi) is 7.87. The molecule has 1 saturated carbocycles. The lowest BCUT2D eigenvalue weighted by Crippen LogP contribution is -2.51. The van der Waals surface area contributed by atoms with E-state index in [-0.39, 0.29) is 36.2 Å². The molecule has 0 radical (unpaired) electrons. The van der Waals surface area contributed by atoms with Crippen LogP contribution in [0.25, 0.3) is 0 Å². The number of likely N-dealkylation sites (tertiary alicyclic amines) is 1. The maximum absolute atomic E-state index is 12.2. The van der Waals surface area contributed by atoms with Crippen LogP contribution in [-0.2, 0) is 14.4 Å². The molecule has 0 spiro atoms. The summed E-state index contributed by atoms with van der Waals surface area (Å²) in [5, 5.41) is 5.74. The lowest BCUT2D eigenvalue weighted by atomic mass is 10.0. The highest BCUT2D eigenvalue weighted by Crippen LogP contribution is 2.27. The predicted octanol–water partition coefficient (Wildman–Crippen LogP) is 0.773. The highest BCUT2D eigenvalue weighted by atomic mass is 16.2. The summed E-state index contributed by atoms with van der Waals surface area (Å²) in [6.07, 6.45) is 7.01. The first-order valence-electron chi connectivity index (χ1n) is 9.97. The van der Waals surface area contributed by atoms with Crippen LogP contribution in [0.5, 0.6) is 0 Å². The van der Waals surface area contributed by atoms with Gasteiger partial charge in [-0.05, 0) is 37.5 Å². The Morgan fingerprint density at radius 3 is 2.27 bits per heavy atom. The van der Waals surface area contributed by atoms with Crippen LogP contribution in [0, 0.1) is 11.8 Å². The number of nitrogens with two attached hydrogens (primary N) is 1. The Balaban J connectivity index is 1.64. The Labute approximate surface area is 156 Å². The summed E-state index contributed by atoms with van der Waals surface area (Å²) in [7, 11) is 0. The third kappa shape index (κ3) is 6.27. The van der Waals surface area contributed by atoms with Gasteiger partial charge in [0, 0.05) is 25.6 Å². The Hall–Kier alpha value is -1.63. The van der Waals surface area contributed by atoms with Gasteiger partial charge in [-0.3, -0.25) is 14.4 Å². The summed E-state index contributed by atoms with van der Waals surface area (Å²) in [4.78, 5) is 37.9. The molecule has 1 aliphatic heterocycles. The topological polar surface area (TPSA) is 105 Å². The second kappa shape index (κ2) is 9.90. The lowest BCUT2D eigenvalue weighted by Gasteiger charge is -2.32. The second-order valence-corrected chi connectivity index (χ2v) is 8.06. The SMILES string of the molecule is CC(C)[C@H](N)C(=O)NCC(=O)N1CCC(NC(=O)CC2CCCC2)CC1. The number of carbonyl (C=O) groups excluding carboxylic acids is 3. The third-order valence-electron chi connectivity index (χ3n) is 5.60. The highest BCUT2D eigenvalue weighted by Gasteiger charge is 2.26. The predicted molar refractivity (Wildman–Crippen MR) is 100 cm³/mol. The summed E-state index contributed by atoms with van der Waals surface area (Å²) < 4.78 is 0. The molecule has 0 bridgehead atoms. The second-order valence-electron chi connectivity index (χ2n) is 8.06. The summed E-state index contributed by atoms with van der Waals surface area (Å²) in [6, 6.07) is -0.444. The van der Waals surface area contributed by atoms with Gasteiger partial charge in [-0.1, -0.05) is 26.7 Å². The zero-order chi connectivity index (χ0) is 19.1. The lowest BCUT2D eigenvalue weighted by molar-refractivity contribution is -0.134. The zero-order valence-electron chi connectivity index (χ0n) is 16.1. The molecule has 3 amide bonds. The van der Waals surface area contributed by atoms with Crippen molar-refractivity contribution < 1.29 is 14.4 Å².